The molecule has 0 spiro atoms. The molecule has 0 aliphatic carbocycles. The van der Waals surface area contributed by atoms with E-state index in [2.05, 4.69) is 22.2 Å². The summed E-state index contributed by atoms with van der Waals surface area (Å²) < 4.78 is 53.6. The minimum Gasteiger partial charge on any atom is -0.370 e. The lowest BCUT2D eigenvalue weighted by atomic mass is 10.2. The van der Waals surface area contributed by atoms with Crippen LogP contribution in [0.5, 0.6) is 0 Å². The Bertz CT molecular complexity index is 1080. The Hall–Kier alpha value is -2.52. The van der Waals surface area contributed by atoms with Crippen LogP contribution in [-0.4, -0.2) is 52.5 Å². The van der Waals surface area contributed by atoms with Gasteiger partial charge in [-0.25, -0.2) is 17.2 Å². The zero-order valence-corrected chi connectivity index (χ0v) is 19.2. The van der Waals surface area contributed by atoms with Crippen molar-refractivity contribution in [2.24, 2.45) is 0 Å². The van der Waals surface area contributed by atoms with Gasteiger partial charge >= 0.3 is 0 Å². The third-order valence-electron chi connectivity index (χ3n) is 5.57. The normalized spacial score (nSPS) is 15.4. The summed E-state index contributed by atoms with van der Waals surface area (Å²) in [5, 5.41) is 2.73. The van der Waals surface area contributed by atoms with Gasteiger partial charge in [-0.15, -0.1) is 0 Å². The second-order valence-corrected chi connectivity index (χ2v) is 9.97. The summed E-state index contributed by atoms with van der Waals surface area (Å²) in [5.41, 5.74) is 0.946. The fraction of sp³-hybridized carbons (Fsp3) is 0.435. The van der Waals surface area contributed by atoms with E-state index >= 15 is 0 Å². The van der Waals surface area contributed by atoms with E-state index in [0.717, 1.165) is 56.8 Å². The first-order valence-corrected chi connectivity index (χ1v) is 12.3. The second kappa shape index (κ2) is 10.4. The van der Waals surface area contributed by atoms with Crippen molar-refractivity contribution in [1.82, 2.24) is 4.90 Å². The molecule has 0 bridgehead atoms. The molecular formula is C23H29F2N3O3S. The molecule has 0 unspecified atom stereocenters. The van der Waals surface area contributed by atoms with Crippen LogP contribution in [0.25, 0.3) is 0 Å². The number of anilines is 2. The van der Waals surface area contributed by atoms with Crippen LogP contribution in [-0.2, 0) is 14.6 Å². The zero-order valence-electron chi connectivity index (χ0n) is 18.4. The number of amides is 1. The minimum atomic E-state index is -4.19. The van der Waals surface area contributed by atoms with Crippen LogP contribution < -0.4 is 10.2 Å². The summed E-state index contributed by atoms with van der Waals surface area (Å²) in [4.78, 5) is 16.3. The Morgan fingerprint density at radius 1 is 1.03 bits per heavy atom. The van der Waals surface area contributed by atoms with Gasteiger partial charge in [-0.3, -0.25) is 4.79 Å². The van der Waals surface area contributed by atoms with Crippen molar-refractivity contribution >= 4 is 27.1 Å². The number of hydrogen-bond donors (Lipinski definition) is 1. The summed E-state index contributed by atoms with van der Waals surface area (Å²) >= 11 is 0. The van der Waals surface area contributed by atoms with E-state index in [4.69, 9.17) is 0 Å². The highest BCUT2D eigenvalue weighted by Gasteiger charge is 2.25. The van der Waals surface area contributed by atoms with Crippen LogP contribution in [0.3, 0.4) is 0 Å². The third-order valence-corrected chi connectivity index (χ3v) is 7.38. The SMILES string of the molecule is CCCCC(=O)Nc1cc(N2CCCN(C)CC2)ccc1S(=O)(=O)c1ccc(F)c(F)c1. The molecule has 1 aliphatic rings. The molecule has 3 rings (SSSR count). The lowest BCUT2D eigenvalue weighted by Gasteiger charge is -2.24. The Balaban J connectivity index is 2.01. The van der Waals surface area contributed by atoms with E-state index in [1.54, 1.807) is 12.1 Å². The summed E-state index contributed by atoms with van der Waals surface area (Å²) in [7, 11) is -2.13. The molecule has 32 heavy (non-hydrogen) atoms. The van der Waals surface area contributed by atoms with E-state index in [-0.39, 0.29) is 27.8 Å². The lowest BCUT2D eigenvalue weighted by Crippen LogP contribution is -2.29. The van der Waals surface area contributed by atoms with Gasteiger partial charge in [0.15, 0.2) is 11.6 Å². The number of halogens is 2. The standard InChI is InChI=1S/C23H29F2N3O3S/c1-3-4-6-23(29)26-21-15-17(28-12-5-11-27(2)13-14-28)7-10-22(21)32(30,31)18-8-9-19(24)20(25)16-18/h7-10,15-16H,3-6,11-14H2,1-2H3,(H,26,29). The van der Waals surface area contributed by atoms with Gasteiger partial charge in [0, 0.05) is 31.7 Å². The highest BCUT2D eigenvalue weighted by atomic mass is 32.2. The third kappa shape index (κ3) is 5.63. The number of nitrogens with one attached hydrogen (secondary N) is 1. The molecule has 1 saturated heterocycles. The fourth-order valence-electron chi connectivity index (χ4n) is 3.67. The smallest absolute Gasteiger partial charge is 0.224 e. The number of carbonyl (C=O) groups excluding carboxylic acids is 1. The summed E-state index contributed by atoms with van der Waals surface area (Å²) in [5.74, 6) is -2.66. The van der Waals surface area contributed by atoms with E-state index in [1.165, 1.54) is 6.07 Å². The van der Waals surface area contributed by atoms with Crippen LogP contribution in [0.15, 0.2) is 46.2 Å². The van der Waals surface area contributed by atoms with E-state index in [9.17, 15) is 22.0 Å². The number of rotatable bonds is 7. The van der Waals surface area contributed by atoms with E-state index in [1.807, 2.05) is 6.92 Å². The first-order chi connectivity index (χ1) is 15.2. The number of hydrogen-bond acceptors (Lipinski definition) is 5. The Labute approximate surface area is 188 Å². The molecule has 2 aromatic carbocycles. The van der Waals surface area contributed by atoms with Gasteiger partial charge in [0.1, 0.15) is 0 Å². The number of benzene rings is 2. The monoisotopic (exact) mass is 465 g/mol. The average Bonchev–Trinajstić information content (AvgIpc) is 2.98. The molecule has 6 nitrogen and oxygen atoms in total. The molecule has 1 fully saturated rings. The molecular weight excluding hydrogens is 436 g/mol. The second-order valence-electron chi connectivity index (χ2n) is 8.06. The number of nitrogens with zero attached hydrogens (tertiary/aromatic N) is 2. The summed E-state index contributed by atoms with van der Waals surface area (Å²) in [6, 6.07) is 7.24. The van der Waals surface area contributed by atoms with Crippen molar-refractivity contribution in [3.8, 4) is 0 Å². The van der Waals surface area contributed by atoms with Gasteiger partial charge in [0.05, 0.1) is 15.5 Å². The molecule has 1 amide bonds. The van der Waals surface area contributed by atoms with Crippen molar-refractivity contribution in [2.45, 2.75) is 42.4 Å². The number of unbranched alkanes of at least 4 members (excludes halogenated alkanes) is 1. The Kier molecular flexibility index (Phi) is 7.84. The molecule has 0 saturated carbocycles. The van der Waals surface area contributed by atoms with Crippen LogP contribution in [0.2, 0.25) is 0 Å². The number of sulfone groups is 1. The first-order valence-electron chi connectivity index (χ1n) is 10.8. The van der Waals surface area contributed by atoms with Crippen molar-refractivity contribution in [2.75, 3.05) is 43.4 Å². The Morgan fingerprint density at radius 3 is 2.53 bits per heavy atom. The Morgan fingerprint density at radius 2 is 1.81 bits per heavy atom. The average molecular weight is 466 g/mol. The highest BCUT2D eigenvalue weighted by Crippen LogP contribution is 2.32. The molecule has 1 heterocycles. The predicted molar refractivity (Wildman–Crippen MR) is 121 cm³/mol. The van der Waals surface area contributed by atoms with E-state index in [0.29, 0.717) is 12.5 Å². The van der Waals surface area contributed by atoms with E-state index < -0.39 is 21.5 Å². The van der Waals surface area contributed by atoms with Gasteiger partial charge in [-0.2, -0.15) is 0 Å². The molecule has 2 aromatic rings. The van der Waals surface area contributed by atoms with Gasteiger partial charge in [-0.1, -0.05) is 13.3 Å². The van der Waals surface area contributed by atoms with Crippen LogP contribution in [0, 0.1) is 11.6 Å². The molecule has 1 aliphatic heterocycles. The zero-order chi connectivity index (χ0) is 23.3. The highest BCUT2D eigenvalue weighted by molar-refractivity contribution is 7.91. The van der Waals surface area contributed by atoms with Gasteiger partial charge in [0.25, 0.3) is 0 Å². The number of likely N-dealkylation sites (N-methyl/N-ethyl adjacent to an activating group) is 1. The van der Waals surface area contributed by atoms with Crippen molar-refractivity contribution in [1.29, 1.82) is 0 Å². The van der Waals surface area contributed by atoms with Gasteiger partial charge in [-0.05, 0) is 62.8 Å². The minimum absolute atomic E-state index is 0.144. The quantitative estimate of drug-likeness (QED) is 0.625. The molecule has 0 atom stereocenters. The molecule has 0 aromatic heterocycles. The molecule has 0 radical (unpaired) electrons. The summed E-state index contributed by atoms with van der Waals surface area (Å²) in [6.45, 7) is 5.38. The number of carbonyl (C=O) groups is 1. The van der Waals surface area contributed by atoms with Crippen molar-refractivity contribution < 1.29 is 22.0 Å². The predicted octanol–water partition coefficient (Wildman–Crippen LogP) is 4.07. The maximum absolute atomic E-state index is 13.7. The topological polar surface area (TPSA) is 69.7 Å². The maximum atomic E-state index is 13.7. The van der Waals surface area contributed by atoms with Crippen molar-refractivity contribution in [3.63, 3.8) is 0 Å². The van der Waals surface area contributed by atoms with Crippen LogP contribution in [0.1, 0.15) is 32.6 Å². The molecule has 9 heteroatoms. The first kappa shape index (κ1) is 24.1. The lowest BCUT2D eigenvalue weighted by molar-refractivity contribution is -0.116. The summed E-state index contributed by atoms with van der Waals surface area (Å²) in [6.07, 6.45) is 2.73. The maximum Gasteiger partial charge on any atom is 0.224 e. The van der Waals surface area contributed by atoms with Gasteiger partial charge < -0.3 is 15.1 Å². The molecule has 1 N–H and O–H groups in total. The molecule has 174 valence electrons. The van der Waals surface area contributed by atoms with Crippen molar-refractivity contribution in [3.05, 3.63) is 48.0 Å². The largest absolute Gasteiger partial charge is 0.370 e. The van der Waals surface area contributed by atoms with Crippen LogP contribution >= 0.6 is 0 Å². The van der Waals surface area contributed by atoms with Gasteiger partial charge in [0.2, 0.25) is 15.7 Å². The van der Waals surface area contributed by atoms with Crippen LogP contribution in [0.4, 0.5) is 20.2 Å². The fourth-order valence-corrected chi connectivity index (χ4v) is 5.08.